The molecule has 0 aliphatic carbocycles. The SMILES string of the molecule is Cn1cc(C[C@H]2NC(=O)[C@@H](CCCNC(=O)c3ccccc3)NC2=O)c2ccccc21. The number of nitrogens with one attached hydrogen (secondary N) is 3. The summed E-state index contributed by atoms with van der Waals surface area (Å²) in [6.45, 7) is 0.437. The van der Waals surface area contributed by atoms with Gasteiger partial charge in [0.2, 0.25) is 11.8 Å². The van der Waals surface area contributed by atoms with Gasteiger partial charge in [-0.3, -0.25) is 14.4 Å². The van der Waals surface area contributed by atoms with E-state index in [1.54, 1.807) is 12.1 Å². The average Bonchev–Trinajstić information content (AvgIpc) is 3.10. The van der Waals surface area contributed by atoms with Crippen LogP contribution in [0.25, 0.3) is 10.9 Å². The first-order valence-corrected chi connectivity index (χ1v) is 10.5. The maximum absolute atomic E-state index is 12.6. The van der Waals surface area contributed by atoms with Crippen LogP contribution in [0, 0.1) is 0 Å². The summed E-state index contributed by atoms with van der Waals surface area (Å²) >= 11 is 0. The molecule has 1 aliphatic rings. The number of rotatable bonds is 7. The molecular formula is C24H26N4O3. The van der Waals surface area contributed by atoms with Gasteiger partial charge in [-0.05, 0) is 36.6 Å². The third kappa shape index (κ3) is 4.60. The van der Waals surface area contributed by atoms with Gasteiger partial charge < -0.3 is 20.5 Å². The maximum atomic E-state index is 12.6. The molecule has 7 nitrogen and oxygen atoms in total. The van der Waals surface area contributed by atoms with Crippen LogP contribution in [0.2, 0.25) is 0 Å². The fourth-order valence-electron chi connectivity index (χ4n) is 4.03. The third-order valence-corrected chi connectivity index (χ3v) is 5.66. The number of hydrogen-bond acceptors (Lipinski definition) is 3. The lowest BCUT2D eigenvalue weighted by molar-refractivity contribution is -0.136. The Morgan fingerprint density at radius 2 is 1.65 bits per heavy atom. The van der Waals surface area contributed by atoms with Crippen LogP contribution in [0.1, 0.15) is 28.8 Å². The lowest BCUT2D eigenvalue weighted by atomic mass is 10.00. The van der Waals surface area contributed by atoms with Crippen molar-refractivity contribution >= 4 is 28.6 Å². The Hall–Kier alpha value is -3.61. The smallest absolute Gasteiger partial charge is 0.251 e. The van der Waals surface area contributed by atoms with E-state index in [1.165, 1.54) is 0 Å². The van der Waals surface area contributed by atoms with E-state index in [9.17, 15) is 14.4 Å². The van der Waals surface area contributed by atoms with Crippen LogP contribution in [-0.2, 0) is 23.1 Å². The molecular weight excluding hydrogens is 392 g/mol. The van der Waals surface area contributed by atoms with Gasteiger partial charge in [0.1, 0.15) is 12.1 Å². The van der Waals surface area contributed by atoms with Crippen molar-refractivity contribution in [3.05, 3.63) is 71.9 Å². The molecule has 2 heterocycles. The van der Waals surface area contributed by atoms with Crippen LogP contribution in [0.15, 0.2) is 60.8 Å². The number of piperazine rings is 1. The van der Waals surface area contributed by atoms with Crippen molar-refractivity contribution in [3.63, 3.8) is 0 Å². The molecule has 2 aromatic carbocycles. The van der Waals surface area contributed by atoms with Crippen molar-refractivity contribution in [1.82, 2.24) is 20.5 Å². The number of para-hydroxylation sites is 1. The molecule has 0 saturated carbocycles. The summed E-state index contributed by atoms with van der Waals surface area (Å²) in [7, 11) is 1.97. The molecule has 2 atom stereocenters. The highest BCUT2D eigenvalue weighted by molar-refractivity contribution is 5.97. The third-order valence-electron chi connectivity index (χ3n) is 5.66. The molecule has 0 radical (unpaired) electrons. The topological polar surface area (TPSA) is 92.2 Å². The van der Waals surface area contributed by atoms with Gasteiger partial charge in [0.15, 0.2) is 0 Å². The molecule has 31 heavy (non-hydrogen) atoms. The molecule has 0 bridgehead atoms. The van der Waals surface area contributed by atoms with Gasteiger partial charge in [-0.1, -0.05) is 36.4 Å². The van der Waals surface area contributed by atoms with Gasteiger partial charge in [0.25, 0.3) is 5.91 Å². The predicted octanol–water partition coefficient (Wildman–Crippen LogP) is 1.91. The largest absolute Gasteiger partial charge is 0.352 e. The maximum Gasteiger partial charge on any atom is 0.251 e. The number of aryl methyl sites for hydroxylation is 1. The summed E-state index contributed by atoms with van der Waals surface area (Å²) in [5, 5.41) is 9.63. The second-order valence-electron chi connectivity index (χ2n) is 7.87. The summed E-state index contributed by atoms with van der Waals surface area (Å²) < 4.78 is 2.03. The van der Waals surface area contributed by atoms with Gasteiger partial charge in [0.05, 0.1) is 0 Å². The molecule has 7 heteroatoms. The number of hydrogen-bond donors (Lipinski definition) is 3. The van der Waals surface area contributed by atoms with Crippen molar-refractivity contribution in [2.24, 2.45) is 7.05 Å². The Morgan fingerprint density at radius 3 is 2.45 bits per heavy atom. The number of carbonyl (C=O) groups excluding carboxylic acids is 3. The quantitative estimate of drug-likeness (QED) is 0.512. The zero-order valence-corrected chi connectivity index (χ0v) is 17.4. The monoisotopic (exact) mass is 418 g/mol. The first-order valence-electron chi connectivity index (χ1n) is 10.5. The molecule has 1 aromatic heterocycles. The first-order chi connectivity index (χ1) is 15.0. The van der Waals surface area contributed by atoms with Crippen molar-refractivity contribution in [3.8, 4) is 0 Å². The molecule has 4 rings (SSSR count). The van der Waals surface area contributed by atoms with Gasteiger partial charge in [-0.2, -0.15) is 0 Å². The van der Waals surface area contributed by atoms with E-state index in [0.717, 1.165) is 16.5 Å². The van der Waals surface area contributed by atoms with Crippen LogP contribution < -0.4 is 16.0 Å². The molecule has 0 unspecified atom stereocenters. The fourth-order valence-corrected chi connectivity index (χ4v) is 4.03. The minimum Gasteiger partial charge on any atom is -0.352 e. The molecule has 1 aliphatic heterocycles. The standard InChI is InChI=1S/C24H26N4O3/c1-28-15-17(18-10-5-6-12-21(18)28)14-20-24(31)26-19(23(30)27-20)11-7-13-25-22(29)16-8-3-2-4-9-16/h2-6,8-10,12,15,19-20H,7,11,13-14H2,1H3,(H,25,29)(H,26,31)(H,27,30)/t19-,20-/m1/s1. The van der Waals surface area contributed by atoms with E-state index >= 15 is 0 Å². The fraction of sp³-hybridized carbons (Fsp3) is 0.292. The number of carbonyl (C=O) groups is 3. The molecule has 1 fully saturated rings. The minimum atomic E-state index is -0.590. The molecule has 3 amide bonds. The Bertz CT molecular complexity index is 1110. The number of fused-ring (bicyclic) bond motifs is 1. The Balaban J connectivity index is 1.28. The Kier molecular flexibility index (Phi) is 6.02. The second kappa shape index (κ2) is 9.04. The lowest BCUT2D eigenvalue weighted by Gasteiger charge is -2.29. The number of amides is 3. The van der Waals surface area contributed by atoms with Crippen LogP contribution in [0.4, 0.5) is 0 Å². The van der Waals surface area contributed by atoms with E-state index in [-0.39, 0.29) is 17.7 Å². The van der Waals surface area contributed by atoms with Crippen LogP contribution >= 0.6 is 0 Å². The number of nitrogens with zero attached hydrogens (tertiary/aromatic N) is 1. The highest BCUT2D eigenvalue weighted by atomic mass is 16.2. The molecule has 0 spiro atoms. The highest BCUT2D eigenvalue weighted by Crippen LogP contribution is 2.22. The van der Waals surface area contributed by atoms with E-state index in [0.29, 0.717) is 31.4 Å². The van der Waals surface area contributed by atoms with Crippen LogP contribution in [0.5, 0.6) is 0 Å². The zero-order chi connectivity index (χ0) is 21.8. The summed E-state index contributed by atoms with van der Waals surface area (Å²) in [5.41, 5.74) is 2.72. The van der Waals surface area contributed by atoms with Crippen molar-refractivity contribution in [2.45, 2.75) is 31.3 Å². The Morgan fingerprint density at radius 1 is 0.968 bits per heavy atom. The normalized spacial score (nSPS) is 18.5. The summed E-state index contributed by atoms with van der Waals surface area (Å²) in [6, 6.07) is 15.8. The van der Waals surface area contributed by atoms with Crippen molar-refractivity contribution in [2.75, 3.05) is 6.54 Å². The number of benzene rings is 2. The van der Waals surface area contributed by atoms with Gasteiger partial charge in [0, 0.05) is 42.7 Å². The second-order valence-corrected chi connectivity index (χ2v) is 7.87. The van der Waals surface area contributed by atoms with E-state index in [4.69, 9.17) is 0 Å². The Labute approximate surface area is 180 Å². The van der Waals surface area contributed by atoms with Gasteiger partial charge in [-0.15, -0.1) is 0 Å². The van der Waals surface area contributed by atoms with Crippen molar-refractivity contribution < 1.29 is 14.4 Å². The predicted molar refractivity (Wildman–Crippen MR) is 118 cm³/mol. The number of aromatic nitrogens is 1. The summed E-state index contributed by atoms with van der Waals surface area (Å²) in [6.07, 6.45) is 3.50. The average molecular weight is 418 g/mol. The molecule has 1 saturated heterocycles. The molecule has 3 aromatic rings. The van der Waals surface area contributed by atoms with E-state index in [2.05, 4.69) is 16.0 Å². The zero-order valence-electron chi connectivity index (χ0n) is 17.4. The molecule has 3 N–H and O–H groups in total. The van der Waals surface area contributed by atoms with E-state index in [1.807, 2.05) is 60.3 Å². The van der Waals surface area contributed by atoms with Gasteiger partial charge >= 0.3 is 0 Å². The minimum absolute atomic E-state index is 0.145. The van der Waals surface area contributed by atoms with Gasteiger partial charge in [-0.25, -0.2) is 0 Å². The lowest BCUT2D eigenvalue weighted by Crippen LogP contribution is -2.62. The highest BCUT2D eigenvalue weighted by Gasteiger charge is 2.33. The summed E-state index contributed by atoms with van der Waals surface area (Å²) in [5.74, 6) is -0.502. The van der Waals surface area contributed by atoms with E-state index < -0.39 is 12.1 Å². The first kappa shape index (κ1) is 20.7. The van der Waals surface area contributed by atoms with Crippen molar-refractivity contribution in [1.29, 1.82) is 0 Å². The van der Waals surface area contributed by atoms with Crippen LogP contribution in [0.3, 0.4) is 0 Å². The van der Waals surface area contributed by atoms with Crippen LogP contribution in [-0.4, -0.2) is 40.9 Å². The molecule has 160 valence electrons. The summed E-state index contributed by atoms with van der Waals surface area (Å²) in [4.78, 5) is 37.2.